The summed E-state index contributed by atoms with van der Waals surface area (Å²) in [6, 6.07) is 7.24. The Labute approximate surface area is 111 Å². The van der Waals surface area contributed by atoms with E-state index in [4.69, 9.17) is 19.3 Å². The molecule has 102 valence electrons. The second-order valence-electron chi connectivity index (χ2n) is 4.12. The summed E-state index contributed by atoms with van der Waals surface area (Å²) in [5.41, 5.74) is 0.785. The Morgan fingerprint density at radius 2 is 2.26 bits per heavy atom. The Bertz CT molecular complexity index is 451. The first-order valence-electron chi connectivity index (χ1n) is 6.07. The number of aliphatic carboxylic acids is 1. The van der Waals surface area contributed by atoms with Crippen LogP contribution in [0, 0.1) is 0 Å². The molecular weight excluding hydrogens is 248 g/mol. The zero-order chi connectivity index (χ0) is 13.5. The van der Waals surface area contributed by atoms with Crippen LogP contribution in [0.2, 0.25) is 0 Å². The fraction of sp³-hybridized carbons (Fsp3) is 0.357. The summed E-state index contributed by atoms with van der Waals surface area (Å²) in [5.74, 6) is -0.275. The van der Waals surface area contributed by atoms with Gasteiger partial charge in [0, 0.05) is 6.08 Å². The molecule has 2 rings (SSSR count). The Hall–Kier alpha value is -1.85. The molecule has 5 nitrogen and oxygen atoms in total. The highest BCUT2D eigenvalue weighted by atomic mass is 16.6. The molecule has 0 unspecified atom stereocenters. The Morgan fingerprint density at radius 1 is 1.42 bits per heavy atom. The molecule has 1 fully saturated rings. The van der Waals surface area contributed by atoms with E-state index in [9.17, 15) is 4.79 Å². The predicted octanol–water partition coefficient (Wildman–Crippen LogP) is 1.58. The van der Waals surface area contributed by atoms with E-state index < -0.39 is 5.97 Å². The van der Waals surface area contributed by atoms with Crippen LogP contribution in [0.4, 0.5) is 0 Å². The summed E-state index contributed by atoms with van der Waals surface area (Å²) < 4.78 is 16.0. The van der Waals surface area contributed by atoms with Crippen LogP contribution in [-0.2, 0) is 14.3 Å². The zero-order valence-corrected chi connectivity index (χ0v) is 10.5. The van der Waals surface area contributed by atoms with E-state index in [1.165, 1.54) is 6.08 Å². The first-order chi connectivity index (χ1) is 9.24. The minimum Gasteiger partial charge on any atom is -0.491 e. The van der Waals surface area contributed by atoms with Gasteiger partial charge in [-0.05, 0) is 23.8 Å². The molecule has 5 heteroatoms. The van der Waals surface area contributed by atoms with Crippen LogP contribution in [0.3, 0.4) is 0 Å². The number of benzene rings is 1. The number of carboxylic acid groups (broad SMARTS) is 1. The van der Waals surface area contributed by atoms with Crippen LogP contribution >= 0.6 is 0 Å². The van der Waals surface area contributed by atoms with E-state index in [1.807, 2.05) is 18.2 Å². The molecule has 1 aromatic carbocycles. The minimum atomic E-state index is -0.970. The van der Waals surface area contributed by atoms with Crippen molar-refractivity contribution in [2.75, 3.05) is 26.4 Å². The van der Waals surface area contributed by atoms with E-state index in [0.29, 0.717) is 32.2 Å². The quantitative estimate of drug-likeness (QED) is 0.598. The smallest absolute Gasteiger partial charge is 0.328 e. The van der Waals surface area contributed by atoms with Gasteiger partial charge in [-0.1, -0.05) is 12.1 Å². The molecule has 0 aromatic heterocycles. The molecule has 1 heterocycles. The third kappa shape index (κ3) is 4.73. The van der Waals surface area contributed by atoms with Gasteiger partial charge in [-0.15, -0.1) is 0 Å². The summed E-state index contributed by atoms with van der Waals surface area (Å²) in [4.78, 5) is 10.4. The van der Waals surface area contributed by atoms with Crippen molar-refractivity contribution in [3.63, 3.8) is 0 Å². The number of ether oxygens (including phenoxy) is 3. The van der Waals surface area contributed by atoms with Gasteiger partial charge in [-0.3, -0.25) is 0 Å². The molecule has 0 saturated carbocycles. The summed E-state index contributed by atoms with van der Waals surface area (Å²) in [7, 11) is 0. The largest absolute Gasteiger partial charge is 0.491 e. The van der Waals surface area contributed by atoms with Gasteiger partial charge in [0.1, 0.15) is 18.5 Å². The van der Waals surface area contributed by atoms with Gasteiger partial charge in [0.2, 0.25) is 0 Å². The fourth-order valence-corrected chi connectivity index (χ4v) is 1.56. The second kappa shape index (κ2) is 6.92. The lowest BCUT2D eigenvalue weighted by Gasteiger charge is -2.25. The standard InChI is InChI=1S/C14H16O5/c15-14(16)5-4-11-2-1-3-12(8-11)18-6-7-19-13-9-17-10-13/h1-5,8,13H,6-7,9-10H2,(H,15,16)/b5-4+. The lowest BCUT2D eigenvalue weighted by Crippen LogP contribution is -2.37. The van der Waals surface area contributed by atoms with Crippen LogP contribution in [0.5, 0.6) is 5.75 Å². The van der Waals surface area contributed by atoms with Crippen LogP contribution < -0.4 is 4.74 Å². The van der Waals surface area contributed by atoms with Gasteiger partial charge in [-0.2, -0.15) is 0 Å². The summed E-state index contributed by atoms with van der Waals surface area (Å²) in [6.45, 7) is 2.30. The second-order valence-corrected chi connectivity index (χ2v) is 4.12. The zero-order valence-electron chi connectivity index (χ0n) is 10.5. The maximum absolute atomic E-state index is 10.4. The molecule has 0 amide bonds. The third-order valence-electron chi connectivity index (χ3n) is 2.59. The predicted molar refractivity (Wildman–Crippen MR) is 69.2 cm³/mol. The molecule has 0 atom stereocenters. The molecule has 1 aromatic rings. The van der Waals surface area contributed by atoms with Crippen LogP contribution in [0.1, 0.15) is 5.56 Å². The lowest BCUT2D eigenvalue weighted by atomic mass is 10.2. The van der Waals surface area contributed by atoms with Crippen molar-refractivity contribution in [1.29, 1.82) is 0 Å². The maximum atomic E-state index is 10.4. The molecule has 1 N–H and O–H groups in total. The van der Waals surface area contributed by atoms with Crippen molar-refractivity contribution in [3.8, 4) is 5.75 Å². The van der Waals surface area contributed by atoms with E-state index in [-0.39, 0.29) is 6.10 Å². The minimum absolute atomic E-state index is 0.202. The SMILES string of the molecule is O=C(O)/C=C/c1cccc(OCCOC2COC2)c1. The van der Waals surface area contributed by atoms with Crippen molar-refractivity contribution in [2.45, 2.75) is 6.10 Å². The highest BCUT2D eigenvalue weighted by Crippen LogP contribution is 2.14. The van der Waals surface area contributed by atoms with Crippen molar-refractivity contribution in [2.24, 2.45) is 0 Å². The molecule has 0 aliphatic carbocycles. The molecular formula is C14H16O5. The topological polar surface area (TPSA) is 65.0 Å². The average molecular weight is 264 g/mol. The van der Waals surface area contributed by atoms with Gasteiger partial charge in [-0.25, -0.2) is 4.79 Å². The molecule has 0 spiro atoms. The number of carbonyl (C=O) groups is 1. The molecule has 0 bridgehead atoms. The maximum Gasteiger partial charge on any atom is 0.328 e. The Kier molecular flexibility index (Phi) is 4.94. The first-order valence-corrected chi connectivity index (χ1v) is 6.07. The van der Waals surface area contributed by atoms with Gasteiger partial charge < -0.3 is 19.3 Å². The number of rotatable bonds is 7. The third-order valence-corrected chi connectivity index (χ3v) is 2.59. The van der Waals surface area contributed by atoms with E-state index in [0.717, 1.165) is 11.6 Å². The molecule has 19 heavy (non-hydrogen) atoms. The van der Waals surface area contributed by atoms with Crippen LogP contribution in [-0.4, -0.2) is 43.6 Å². The normalized spacial score (nSPS) is 15.4. The molecule has 1 aliphatic heterocycles. The fourth-order valence-electron chi connectivity index (χ4n) is 1.56. The van der Waals surface area contributed by atoms with Crippen molar-refractivity contribution < 1.29 is 24.1 Å². The highest BCUT2D eigenvalue weighted by Gasteiger charge is 2.18. The Balaban J connectivity index is 1.76. The molecule has 1 aliphatic rings. The number of carboxylic acids is 1. The molecule has 0 radical (unpaired) electrons. The molecule has 1 saturated heterocycles. The van der Waals surface area contributed by atoms with Crippen LogP contribution in [0.15, 0.2) is 30.3 Å². The van der Waals surface area contributed by atoms with Gasteiger partial charge >= 0.3 is 5.97 Å². The lowest BCUT2D eigenvalue weighted by molar-refractivity contribution is -0.132. The van der Waals surface area contributed by atoms with Crippen LogP contribution in [0.25, 0.3) is 6.08 Å². The summed E-state index contributed by atoms with van der Waals surface area (Å²) in [6.07, 6.45) is 2.82. The highest BCUT2D eigenvalue weighted by molar-refractivity contribution is 5.85. The van der Waals surface area contributed by atoms with Gasteiger partial charge in [0.15, 0.2) is 0 Å². The van der Waals surface area contributed by atoms with E-state index in [2.05, 4.69) is 0 Å². The monoisotopic (exact) mass is 264 g/mol. The number of hydrogen-bond donors (Lipinski definition) is 1. The summed E-state index contributed by atoms with van der Waals surface area (Å²) >= 11 is 0. The van der Waals surface area contributed by atoms with Crippen molar-refractivity contribution >= 4 is 12.0 Å². The van der Waals surface area contributed by atoms with E-state index in [1.54, 1.807) is 6.07 Å². The Morgan fingerprint density at radius 3 is 2.95 bits per heavy atom. The van der Waals surface area contributed by atoms with E-state index >= 15 is 0 Å². The van der Waals surface area contributed by atoms with Gasteiger partial charge in [0.25, 0.3) is 0 Å². The van der Waals surface area contributed by atoms with Gasteiger partial charge in [0.05, 0.1) is 19.8 Å². The average Bonchev–Trinajstić information content (AvgIpc) is 2.34. The summed E-state index contributed by atoms with van der Waals surface area (Å²) in [5, 5.41) is 8.55. The van der Waals surface area contributed by atoms with Crippen molar-refractivity contribution in [1.82, 2.24) is 0 Å². The number of hydrogen-bond acceptors (Lipinski definition) is 4. The van der Waals surface area contributed by atoms with Crippen molar-refractivity contribution in [3.05, 3.63) is 35.9 Å². The first kappa shape index (κ1) is 13.6.